The smallest absolute Gasteiger partial charge is 0.230 e. The first kappa shape index (κ1) is 12.4. The minimum absolute atomic E-state index is 0.0925. The van der Waals surface area contributed by atoms with Gasteiger partial charge in [-0.15, -0.1) is 0 Å². The zero-order chi connectivity index (χ0) is 13.4. The van der Waals surface area contributed by atoms with Gasteiger partial charge in [-0.2, -0.15) is 5.10 Å². The molecule has 0 aliphatic carbocycles. The topological polar surface area (TPSA) is 69.2 Å². The highest BCUT2D eigenvalue weighted by Gasteiger charge is 2.31. The molecule has 98 valence electrons. The fourth-order valence-corrected chi connectivity index (χ4v) is 2.77. The van der Waals surface area contributed by atoms with Gasteiger partial charge >= 0.3 is 0 Å². The minimum Gasteiger partial charge on any atom is -0.391 e. The fourth-order valence-electron chi connectivity index (χ4n) is 2.27. The zero-order valence-corrected chi connectivity index (χ0v) is 11.6. The van der Waals surface area contributed by atoms with Gasteiger partial charge in [0.05, 0.1) is 25.3 Å². The highest BCUT2D eigenvalue weighted by Crippen LogP contribution is 2.35. The van der Waals surface area contributed by atoms with E-state index in [1.54, 1.807) is 11.1 Å². The Balaban J connectivity index is 2.04. The Labute approximate surface area is 118 Å². The highest BCUT2D eigenvalue weighted by molar-refractivity contribution is 9.10. The first-order valence-electron chi connectivity index (χ1n) is 5.93. The third-order valence-corrected chi connectivity index (χ3v) is 3.85. The molecule has 1 fully saturated rings. The van der Waals surface area contributed by atoms with Crippen LogP contribution in [-0.4, -0.2) is 33.9 Å². The van der Waals surface area contributed by atoms with E-state index in [2.05, 4.69) is 26.1 Å². The van der Waals surface area contributed by atoms with Gasteiger partial charge in [-0.05, 0) is 6.07 Å². The molecule has 1 aromatic heterocycles. The number of benzene rings is 1. The second-order valence-corrected chi connectivity index (χ2v) is 5.33. The highest BCUT2D eigenvalue weighted by atomic mass is 79.9. The lowest BCUT2D eigenvalue weighted by Gasteiger charge is -2.16. The molecule has 1 aliphatic rings. The lowest BCUT2D eigenvalue weighted by molar-refractivity contribution is -0.117. The van der Waals surface area contributed by atoms with Crippen molar-refractivity contribution in [1.29, 1.82) is 0 Å². The number of nitrogens with zero attached hydrogens (tertiary/aromatic N) is 2. The fraction of sp³-hybridized carbons (Fsp3) is 0.231. The second kappa shape index (κ2) is 4.79. The molecule has 1 amide bonds. The summed E-state index contributed by atoms with van der Waals surface area (Å²) in [5, 5.41) is 16.4. The molecule has 0 radical (unpaired) electrons. The van der Waals surface area contributed by atoms with Crippen molar-refractivity contribution in [2.45, 2.75) is 12.5 Å². The van der Waals surface area contributed by atoms with Gasteiger partial charge in [0.1, 0.15) is 5.82 Å². The summed E-state index contributed by atoms with van der Waals surface area (Å²) in [5.41, 5.74) is 1.80. The van der Waals surface area contributed by atoms with Crippen molar-refractivity contribution in [2.24, 2.45) is 0 Å². The number of hydrogen-bond donors (Lipinski definition) is 2. The molecule has 1 aromatic carbocycles. The summed E-state index contributed by atoms with van der Waals surface area (Å²) in [7, 11) is 0. The van der Waals surface area contributed by atoms with Crippen LogP contribution in [0.2, 0.25) is 0 Å². The number of amides is 1. The summed E-state index contributed by atoms with van der Waals surface area (Å²) in [6.07, 6.45) is 1.24. The van der Waals surface area contributed by atoms with Gasteiger partial charge < -0.3 is 5.11 Å². The molecule has 5 nitrogen and oxygen atoms in total. The molecular weight excluding hydrogens is 310 g/mol. The summed E-state index contributed by atoms with van der Waals surface area (Å²) < 4.78 is 0.935. The molecule has 2 aromatic rings. The van der Waals surface area contributed by atoms with Crippen LogP contribution in [-0.2, 0) is 4.79 Å². The first-order chi connectivity index (χ1) is 9.16. The van der Waals surface area contributed by atoms with E-state index in [0.29, 0.717) is 12.4 Å². The summed E-state index contributed by atoms with van der Waals surface area (Å²) in [6.45, 7) is 0.304. The maximum absolute atomic E-state index is 11.9. The number of hydrogen-bond acceptors (Lipinski definition) is 3. The molecule has 0 spiro atoms. The minimum atomic E-state index is -0.608. The van der Waals surface area contributed by atoms with E-state index in [4.69, 9.17) is 0 Å². The van der Waals surface area contributed by atoms with Gasteiger partial charge in [-0.25, -0.2) is 0 Å². The average Bonchev–Trinajstić information content (AvgIpc) is 2.96. The third-order valence-electron chi connectivity index (χ3n) is 3.16. The van der Waals surface area contributed by atoms with E-state index in [9.17, 15) is 9.90 Å². The number of halogens is 1. The zero-order valence-electron chi connectivity index (χ0n) is 10.0. The Morgan fingerprint density at radius 2 is 2.16 bits per heavy atom. The van der Waals surface area contributed by atoms with Gasteiger partial charge in [0.15, 0.2) is 0 Å². The van der Waals surface area contributed by atoms with Gasteiger partial charge in [-0.1, -0.05) is 34.1 Å². The molecular formula is C13H12BrN3O2. The molecule has 19 heavy (non-hydrogen) atoms. The number of aliphatic hydroxyl groups excluding tert-OH is 1. The van der Waals surface area contributed by atoms with Gasteiger partial charge in [-0.3, -0.25) is 14.8 Å². The van der Waals surface area contributed by atoms with E-state index < -0.39 is 6.10 Å². The molecule has 2 N–H and O–H groups in total. The van der Waals surface area contributed by atoms with Crippen LogP contribution >= 0.6 is 15.9 Å². The number of carbonyl (C=O) groups is 1. The number of rotatable bonds is 2. The van der Waals surface area contributed by atoms with Gasteiger partial charge in [0.25, 0.3) is 0 Å². The Morgan fingerprint density at radius 3 is 2.84 bits per heavy atom. The van der Waals surface area contributed by atoms with Crippen molar-refractivity contribution in [3.8, 4) is 11.1 Å². The average molecular weight is 322 g/mol. The molecule has 1 aliphatic heterocycles. The first-order valence-corrected chi connectivity index (χ1v) is 6.73. The largest absolute Gasteiger partial charge is 0.391 e. The van der Waals surface area contributed by atoms with E-state index in [1.807, 2.05) is 24.3 Å². The molecule has 1 atom stereocenters. The molecule has 0 saturated carbocycles. The van der Waals surface area contributed by atoms with Crippen molar-refractivity contribution < 1.29 is 9.90 Å². The van der Waals surface area contributed by atoms with Crippen LogP contribution in [0.5, 0.6) is 0 Å². The SMILES string of the molecule is O=C1CC(O)CN1c1[nH]ncc1-c1ccccc1Br. The summed E-state index contributed by atoms with van der Waals surface area (Å²) in [5.74, 6) is 0.540. The summed E-state index contributed by atoms with van der Waals surface area (Å²) >= 11 is 3.49. The second-order valence-electron chi connectivity index (χ2n) is 4.47. The Morgan fingerprint density at radius 1 is 1.37 bits per heavy atom. The number of aromatic nitrogens is 2. The number of β-amino-alcohol motifs (C(OH)–C–C–N with tert-alkyl or cyclic N) is 1. The van der Waals surface area contributed by atoms with Gasteiger partial charge in [0, 0.05) is 15.6 Å². The lowest BCUT2D eigenvalue weighted by atomic mass is 10.1. The molecule has 1 saturated heterocycles. The van der Waals surface area contributed by atoms with Crippen molar-refractivity contribution in [2.75, 3.05) is 11.4 Å². The number of H-pyrrole nitrogens is 1. The molecule has 6 heteroatoms. The Kier molecular flexibility index (Phi) is 3.12. The number of anilines is 1. The van der Waals surface area contributed by atoms with Crippen LogP contribution in [0.15, 0.2) is 34.9 Å². The monoisotopic (exact) mass is 321 g/mol. The van der Waals surface area contributed by atoms with Crippen LogP contribution in [0.25, 0.3) is 11.1 Å². The third kappa shape index (κ3) is 2.17. The summed E-state index contributed by atoms with van der Waals surface area (Å²) in [6, 6.07) is 7.75. The standard InChI is InChI=1S/C13H12BrN3O2/c14-11-4-2-1-3-9(11)10-6-15-16-13(10)17-7-8(18)5-12(17)19/h1-4,6,8,18H,5,7H2,(H,15,16). The van der Waals surface area contributed by atoms with Crippen LogP contribution in [0, 0.1) is 0 Å². The molecule has 1 unspecified atom stereocenters. The van der Waals surface area contributed by atoms with E-state index in [1.165, 1.54) is 0 Å². The van der Waals surface area contributed by atoms with Crippen LogP contribution < -0.4 is 4.90 Å². The van der Waals surface area contributed by atoms with Crippen LogP contribution in [0.3, 0.4) is 0 Å². The summed E-state index contributed by atoms with van der Waals surface area (Å²) in [4.78, 5) is 13.4. The van der Waals surface area contributed by atoms with Crippen molar-refractivity contribution in [3.05, 3.63) is 34.9 Å². The number of carbonyl (C=O) groups excluding carboxylic acids is 1. The van der Waals surface area contributed by atoms with Gasteiger partial charge in [0.2, 0.25) is 5.91 Å². The van der Waals surface area contributed by atoms with E-state index in [0.717, 1.165) is 15.6 Å². The molecule has 3 rings (SSSR count). The molecule has 0 bridgehead atoms. The lowest BCUT2D eigenvalue weighted by Crippen LogP contribution is -2.26. The Bertz CT molecular complexity index is 626. The van der Waals surface area contributed by atoms with Crippen LogP contribution in [0.1, 0.15) is 6.42 Å². The number of nitrogens with one attached hydrogen (secondary N) is 1. The predicted octanol–water partition coefficient (Wildman–Crippen LogP) is 1.94. The van der Waals surface area contributed by atoms with Crippen molar-refractivity contribution in [3.63, 3.8) is 0 Å². The normalized spacial score (nSPS) is 19.2. The predicted molar refractivity (Wildman–Crippen MR) is 74.7 cm³/mol. The number of aliphatic hydroxyl groups is 1. The Hall–Kier alpha value is -1.66. The maximum atomic E-state index is 11.9. The van der Waals surface area contributed by atoms with Crippen molar-refractivity contribution in [1.82, 2.24) is 10.2 Å². The van der Waals surface area contributed by atoms with Crippen LogP contribution in [0.4, 0.5) is 5.82 Å². The van der Waals surface area contributed by atoms with E-state index >= 15 is 0 Å². The quantitative estimate of drug-likeness (QED) is 0.888. The molecule has 2 heterocycles. The van der Waals surface area contributed by atoms with Crippen molar-refractivity contribution >= 4 is 27.7 Å². The maximum Gasteiger partial charge on any atom is 0.230 e. The number of aromatic amines is 1. The van der Waals surface area contributed by atoms with E-state index in [-0.39, 0.29) is 12.3 Å².